The van der Waals surface area contributed by atoms with Crippen molar-refractivity contribution in [1.82, 2.24) is 0 Å². The van der Waals surface area contributed by atoms with Gasteiger partial charge in [0.15, 0.2) is 11.5 Å². The highest BCUT2D eigenvalue weighted by molar-refractivity contribution is 5.85. The molecule has 16 heavy (non-hydrogen) atoms. The summed E-state index contributed by atoms with van der Waals surface area (Å²) in [6.45, 7) is 2.14. The van der Waals surface area contributed by atoms with Gasteiger partial charge < -0.3 is 15.6 Å². The van der Waals surface area contributed by atoms with Gasteiger partial charge in [0.25, 0.3) is 0 Å². The van der Waals surface area contributed by atoms with Crippen LogP contribution in [-0.4, -0.2) is 12.2 Å². The maximum absolute atomic E-state index is 9.59. The van der Waals surface area contributed by atoms with Crippen molar-refractivity contribution in [3.8, 4) is 11.5 Å². The second-order valence-corrected chi connectivity index (χ2v) is 3.68. The van der Waals surface area contributed by atoms with Crippen LogP contribution in [0.25, 0.3) is 0 Å². The maximum atomic E-state index is 9.59. The van der Waals surface area contributed by atoms with E-state index in [1.165, 1.54) is 7.11 Å². The lowest BCUT2D eigenvalue weighted by molar-refractivity contribution is 0.372. The number of phenols is 1. The van der Waals surface area contributed by atoms with E-state index in [9.17, 15) is 5.11 Å². The molecule has 0 bridgehead atoms. The zero-order valence-electron chi connectivity index (χ0n) is 9.77. The second-order valence-electron chi connectivity index (χ2n) is 3.68. The van der Waals surface area contributed by atoms with Crippen molar-refractivity contribution in [2.24, 2.45) is 5.73 Å². The van der Waals surface area contributed by atoms with E-state index in [1.807, 2.05) is 6.07 Å². The Hall–Kier alpha value is -0.930. The topological polar surface area (TPSA) is 55.5 Å². The fraction of sp³-hybridized carbons (Fsp3) is 0.500. The van der Waals surface area contributed by atoms with Crippen molar-refractivity contribution < 1.29 is 9.84 Å². The summed E-state index contributed by atoms with van der Waals surface area (Å²) in [5.41, 5.74) is 6.95. The number of benzene rings is 1. The molecule has 1 aromatic rings. The van der Waals surface area contributed by atoms with E-state index in [-0.39, 0.29) is 24.2 Å². The van der Waals surface area contributed by atoms with Gasteiger partial charge in [-0.25, -0.2) is 0 Å². The van der Waals surface area contributed by atoms with Crippen LogP contribution in [0.3, 0.4) is 0 Å². The normalized spacial score (nSPS) is 11.7. The van der Waals surface area contributed by atoms with Crippen LogP contribution in [0, 0.1) is 0 Å². The average Bonchev–Trinajstić information content (AvgIpc) is 2.25. The van der Waals surface area contributed by atoms with Crippen LogP contribution in [-0.2, 0) is 0 Å². The van der Waals surface area contributed by atoms with E-state index in [4.69, 9.17) is 10.5 Å². The van der Waals surface area contributed by atoms with Crippen LogP contribution < -0.4 is 10.5 Å². The van der Waals surface area contributed by atoms with Crippen LogP contribution in [0.2, 0.25) is 0 Å². The summed E-state index contributed by atoms with van der Waals surface area (Å²) in [4.78, 5) is 0. The molecule has 3 nitrogen and oxygen atoms in total. The Morgan fingerprint density at radius 1 is 1.44 bits per heavy atom. The first-order valence-electron chi connectivity index (χ1n) is 5.31. The van der Waals surface area contributed by atoms with Gasteiger partial charge in [-0.05, 0) is 24.1 Å². The fourth-order valence-corrected chi connectivity index (χ4v) is 1.53. The number of hydrogen-bond acceptors (Lipinski definition) is 3. The number of halogens is 1. The van der Waals surface area contributed by atoms with Crippen LogP contribution >= 0.6 is 12.4 Å². The largest absolute Gasteiger partial charge is 0.504 e. The molecule has 0 amide bonds. The highest BCUT2D eigenvalue weighted by Gasteiger charge is 2.08. The third kappa shape index (κ3) is 3.91. The number of ether oxygens (including phenoxy) is 1. The third-order valence-corrected chi connectivity index (χ3v) is 2.50. The fourth-order valence-electron chi connectivity index (χ4n) is 1.53. The zero-order chi connectivity index (χ0) is 11.3. The predicted octanol–water partition coefficient (Wildman–Crippen LogP) is 3.01. The first kappa shape index (κ1) is 15.1. The smallest absolute Gasteiger partial charge is 0.160 e. The van der Waals surface area contributed by atoms with E-state index >= 15 is 0 Å². The van der Waals surface area contributed by atoms with Crippen molar-refractivity contribution in [2.45, 2.75) is 32.2 Å². The second kappa shape index (κ2) is 7.36. The summed E-state index contributed by atoms with van der Waals surface area (Å²) in [7, 11) is 1.53. The van der Waals surface area contributed by atoms with Crippen molar-refractivity contribution in [1.29, 1.82) is 0 Å². The Balaban J connectivity index is 0.00000225. The molecule has 0 aliphatic rings. The number of methoxy groups -OCH3 is 1. The Morgan fingerprint density at radius 2 is 2.12 bits per heavy atom. The molecule has 92 valence electrons. The summed E-state index contributed by atoms with van der Waals surface area (Å²) in [6.07, 6.45) is 3.19. The van der Waals surface area contributed by atoms with E-state index in [2.05, 4.69) is 6.92 Å². The molecule has 0 unspecified atom stereocenters. The van der Waals surface area contributed by atoms with Crippen molar-refractivity contribution in [3.05, 3.63) is 23.8 Å². The van der Waals surface area contributed by atoms with Crippen molar-refractivity contribution >= 4 is 12.4 Å². The number of phenolic OH excluding ortho intramolecular Hbond substituents is 1. The average molecular weight is 246 g/mol. The number of unbranched alkanes of at least 4 members (excludes halogenated alkanes) is 1. The highest BCUT2D eigenvalue weighted by atomic mass is 35.5. The Morgan fingerprint density at radius 3 is 2.62 bits per heavy atom. The van der Waals surface area contributed by atoms with E-state index < -0.39 is 0 Å². The van der Waals surface area contributed by atoms with Crippen molar-refractivity contribution in [3.63, 3.8) is 0 Å². The summed E-state index contributed by atoms with van der Waals surface area (Å²) in [5.74, 6) is 0.642. The molecule has 0 radical (unpaired) electrons. The molecule has 1 aromatic carbocycles. The molecular weight excluding hydrogens is 226 g/mol. The van der Waals surface area contributed by atoms with E-state index in [1.54, 1.807) is 12.1 Å². The highest BCUT2D eigenvalue weighted by Crippen LogP contribution is 2.29. The Bertz CT molecular complexity index is 318. The van der Waals surface area contributed by atoms with Gasteiger partial charge in [0.2, 0.25) is 0 Å². The first-order valence-corrected chi connectivity index (χ1v) is 5.31. The van der Waals surface area contributed by atoms with Gasteiger partial charge in [-0.1, -0.05) is 25.8 Å². The van der Waals surface area contributed by atoms with Crippen molar-refractivity contribution in [2.75, 3.05) is 7.11 Å². The van der Waals surface area contributed by atoms with E-state index in [0.29, 0.717) is 5.75 Å². The van der Waals surface area contributed by atoms with Crippen LogP contribution in [0.5, 0.6) is 11.5 Å². The lowest BCUT2D eigenvalue weighted by Crippen LogP contribution is -2.09. The molecule has 0 fully saturated rings. The van der Waals surface area contributed by atoms with Gasteiger partial charge in [-0.15, -0.1) is 12.4 Å². The van der Waals surface area contributed by atoms with Gasteiger partial charge >= 0.3 is 0 Å². The third-order valence-electron chi connectivity index (χ3n) is 2.50. The molecule has 0 saturated carbocycles. The zero-order valence-corrected chi connectivity index (χ0v) is 10.6. The minimum atomic E-state index is 0. The maximum Gasteiger partial charge on any atom is 0.160 e. The molecule has 0 spiro atoms. The summed E-state index contributed by atoms with van der Waals surface area (Å²) in [6, 6.07) is 5.33. The number of rotatable bonds is 5. The molecule has 4 heteroatoms. The standard InChI is InChI=1S/C12H19NO2.ClH/c1-3-4-5-10(13)9-6-7-12(15-2)11(14)8-9;/h6-8,10,14H,3-5,13H2,1-2H3;1H/t10-;/m0./s1. The molecule has 1 atom stereocenters. The molecule has 0 aliphatic heterocycles. The number of nitrogens with two attached hydrogens (primary N) is 1. The molecule has 1 rings (SSSR count). The summed E-state index contributed by atoms with van der Waals surface area (Å²) < 4.78 is 4.97. The Kier molecular flexibility index (Phi) is 6.93. The lowest BCUT2D eigenvalue weighted by Gasteiger charge is -2.12. The minimum Gasteiger partial charge on any atom is -0.504 e. The van der Waals surface area contributed by atoms with Gasteiger partial charge in [0.1, 0.15) is 0 Å². The molecule has 0 aliphatic carbocycles. The van der Waals surface area contributed by atoms with E-state index in [0.717, 1.165) is 24.8 Å². The number of hydrogen-bond donors (Lipinski definition) is 2. The summed E-state index contributed by atoms with van der Waals surface area (Å²) >= 11 is 0. The molecule has 0 heterocycles. The molecule has 0 aromatic heterocycles. The number of aromatic hydroxyl groups is 1. The van der Waals surface area contributed by atoms with Crippen LogP contribution in [0.1, 0.15) is 37.8 Å². The SMILES string of the molecule is CCCC[C@H](N)c1ccc(OC)c(O)c1.Cl. The molecule has 0 saturated heterocycles. The Labute approximate surface area is 103 Å². The van der Waals surface area contributed by atoms with Gasteiger partial charge in [-0.2, -0.15) is 0 Å². The van der Waals surface area contributed by atoms with Crippen LogP contribution in [0.4, 0.5) is 0 Å². The minimum absolute atomic E-state index is 0. The monoisotopic (exact) mass is 245 g/mol. The van der Waals surface area contributed by atoms with Gasteiger partial charge in [-0.3, -0.25) is 0 Å². The first-order chi connectivity index (χ1) is 7.19. The lowest BCUT2D eigenvalue weighted by atomic mass is 10.0. The van der Waals surface area contributed by atoms with Crippen LogP contribution in [0.15, 0.2) is 18.2 Å². The predicted molar refractivity (Wildman–Crippen MR) is 68.4 cm³/mol. The van der Waals surface area contributed by atoms with Gasteiger partial charge in [0.05, 0.1) is 7.11 Å². The molecular formula is C12H20ClNO2. The molecule has 3 N–H and O–H groups in total. The van der Waals surface area contributed by atoms with Gasteiger partial charge in [0, 0.05) is 6.04 Å². The summed E-state index contributed by atoms with van der Waals surface area (Å²) in [5, 5.41) is 9.59. The quantitative estimate of drug-likeness (QED) is 0.839.